The summed E-state index contributed by atoms with van der Waals surface area (Å²) in [5.74, 6) is -0.523. The summed E-state index contributed by atoms with van der Waals surface area (Å²) in [4.78, 5) is 24.2. The zero-order valence-electron chi connectivity index (χ0n) is 18.5. The molecule has 0 radical (unpaired) electrons. The van der Waals surface area contributed by atoms with Crippen molar-refractivity contribution in [2.75, 3.05) is 6.61 Å². The van der Waals surface area contributed by atoms with Crippen LogP contribution in [0.3, 0.4) is 0 Å². The van der Waals surface area contributed by atoms with Crippen LogP contribution in [0.1, 0.15) is 44.4 Å². The number of benzene rings is 2. The van der Waals surface area contributed by atoms with Crippen molar-refractivity contribution in [1.82, 2.24) is 4.57 Å². The summed E-state index contributed by atoms with van der Waals surface area (Å²) in [6, 6.07) is 7.42. The van der Waals surface area contributed by atoms with E-state index in [1.54, 1.807) is 28.8 Å². The van der Waals surface area contributed by atoms with Crippen LogP contribution < -0.4 is 14.9 Å². The molecule has 3 aromatic rings. The summed E-state index contributed by atoms with van der Waals surface area (Å²) in [6.07, 6.45) is 0.0385. The first-order valence-electron chi connectivity index (χ1n) is 10.5. The molecule has 0 fully saturated rings. The Morgan fingerprint density at radius 2 is 1.94 bits per heavy atom. The normalized spacial score (nSPS) is 12.2. The van der Waals surface area contributed by atoms with Gasteiger partial charge in [0.05, 0.1) is 40.9 Å². The molecular formula is C24H25ClFNO6. The maximum atomic E-state index is 14.6. The molecule has 2 N–H and O–H groups in total. The van der Waals surface area contributed by atoms with Gasteiger partial charge >= 0.3 is 6.16 Å². The highest BCUT2D eigenvalue weighted by atomic mass is 35.5. The Hall–Kier alpha value is -3.10. The zero-order chi connectivity index (χ0) is 24.3. The number of aliphatic hydroxyl groups excluding tert-OH is 1. The van der Waals surface area contributed by atoms with Crippen LogP contribution >= 0.6 is 11.6 Å². The number of hydrogen-bond donors (Lipinski definition) is 2. The minimum absolute atomic E-state index is 0.0205. The van der Waals surface area contributed by atoms with Gasteiger partial charge in [0.2, 0.25) is 5.43 Å². The molecule has 0 unspecified atom stereocenters. The average Bonchev–Trinajstić information content (AvgIpc) is 2.75. The molecule has 0 aliphatic carbocycles. The van der Waals surface area contributed by atoms with Crippen molar-refractivity contribution in [1.29, 1.82) is 0 Å². The fourth-order valence-electron chi connectivity index (χ4n) is 3.67. The van der Waals surface area contributed by atoms with Crippen molar-refractivity contribution in [2.24, 2.45) is 0 Å². The molecule has 33 heavy (non-hydrogen) atoms. The Kier molecular flexibility index (Phi) is 7.61. The lowest BCUT2D eigenvalue weighted by Gasteiger charge is -2.22. The van der Waals surface area contributed by atoms with Crippen LogP contribution in [0, 0.1) is 5.82 Å². The lowest BCUT2D eigenvalue weighted by atomic mass is 10.0. The van der Waals surface area contributed by atoms with E-state index in [1.165, 1.54) is 12.3 Å². The van der Waals surface area contributed by atoms with E-state index in [1.807, 2.05) is 20.8 Å². The number of nitrogens with zero attached hydrogens (tertiary/aromatic N) is 1. The topological polar surface area (TPSA) is 98.0 Å². The van der Waals surface area contributed by atoms with Gasteiger partial charge in [0.15, 0.2) is 5.75 Å². The number of carboxylic acid groups (broad SMARTS) is 1. The smallest absolute Gasteiger partial charge is 0.491 e. The first kappa shape index (κ1) is 24.5. The molecule has 1 aromatic heterocycles. The molecule has 1 heterocycles. The molecule has 176 valence electrons. The van der Waals surface area contributed by atoms with E-state index in [0.29, 0.717) is 28.8 Å². The average molecular weight is 478 g/mol. The molecule has 0 saturated carbocycles. The molecule has 1 atom stereocenters. The number of fused-ring (bicyclic) bond motifs is 1. The van der Waals surface area contributed by atoms with Crippen molar-refractivity contribution >= 4 is 28.7 Å². The first-order chi connectivity index (χ1) is 15.7. The van der Waals surface area contributed by atoms with E-state index in [4.69, 9.17) is 26.2 Å². The third-order valence-electron chi connectivity index (χ3n) is 5.23. The molecule has 0 spiro atoms. The lowest BCUT2D eigenvalue weighted by molar-refractivity contribution is 0.143. The van der Waals surface area contributed by atoms with Crippen molar-refractivity contribution in [3.8, 4) is 11.5 Å². The molecule has 2 aromatic carbocycles. The van der Waals surface area contributed by atoms with Gasteiger partial charge in [0.25, 0.3) is 0 Å². The number of aliphatic hydroxyl groups is 1. The molecule has 3 rings (SSSR count). The first-order valence-corrected chi connectivity index (χ1v) is 10.9. The molecule has 0 bridgehead atoms. The summed E-state index contributed by atoms with van der Waals surface area (Å²) in [5.41, 5.74) is 0.631. The SMILES string of the molecule is CC[C@@H](CO)n1cc(OC(=O)O)c(=O)c2cc(Cc3cccc(Cl)c3F)c(OC(C)C)cc21. The van der Waals surface area contributed by atoms with E-state index in [2.05, 4.69) is 0 Å². The van der Waals surface area contributed by atoms with Gasteiger partial charge in [-0.2, -0.15) is 0 Å². The van der Waals surface area contributed by atoms with E-state index in [9.17, 15) is 19.1 Å². The quantitative estimate of drug-likeness (QED) is 0.434. The Labute approximate surface area is 194 Å². The van der Waals surface area contributed by atoms with Gasteiger partial charge in [-0.3, -0.25) is 4.79 Å². The predicted octanol–water partition coefficient (Wildman–Crippen LogP) is 5.17. The van der Waals surface area contributed by atoms with Crippen molar-refractivity contribution in [3.63, 3.8) is 0 Å². The minimum Gasteiger partial charge on any atom is -0.491 e. The van der Waals surface area contributed by atoms with Crippen LogP contribution in [0.2, 0.25) is 5.02 Å². The Morgan fingerprint density at radius 1 is 1.21 bits per heavy atom. The summed E-state index contributed by atoms with van der Waals surface area (Å²) in [6.45, 7) is 5.29. The molecule has 0 amide bonds. The standard InChI is InChI=1S/C24H25ClFNO6/c1-4-16(12-28)27-11-21(33-24(30)31)23(29)17-9-15(20(10-19(17)27)32-13(2)3)8-14-6-5-7-18(25)22(14)26/h5-7,9-11,13,16,28H,4,8,12H2,1-3H3,(H,30,31)/t16-/m0/s1. The highest BCUT2D eigenvalue weighted by molar-refractivity contribution is 6.30. The lowest BCUT2D eigenvalue weighted by Crippen LogP contribution is -2.21. The van der Waals surface area contributed by atoms with Gasteiger partial charge in [-0.1, -0.05) is 30.7 Å². The van der Waals surface area contributed by atoms with Crippen LogP contribution in [0.4, 0.5) is 9.18 Å². The second kappa shape index (κ2) is 10.2. The van der Waals surface area contributed by atoms with Gasteiger partial charge in [0, 0.05) is 12.5 Å². The molecule has 0 aliphatic rings. The van der Waals surface area contributed by atoms with Gasteiger partial charge in [0.1, 0.15) is 11.6 Å². The van der Waals surface area contributed by atoms with Crippen molar-refractivity contribution in [3.05, 3.63) is 68.7 Å². The molecule has 0 saturated heterocycles. The van der Waals surface area contributed by atoms with Gasteiger partial charge < -0.3 is 24.3 Å². The summed E-state index contributed by atoms with van der Waals surface area (Å²) in [5, 5.41) is 19.1. The number of rotatable bonds is 8. The monoisotopic (exact) mass is 477 g/mol. The summed E-state index contributed by atoms with van der Waals surface area (Å²) in [7, 11) is 0. The van der Waals surface area contributed by atoms with Crippen LogP contribution in [0.25, 0.3) is 10.9 Å². The largest absolute Gasteiger partial charge is 0.511 e. The minimum atomic E-state index is -1.63. The van der Waals surface area contributed by atoms with Gasteiger partial charge in [-0.05, 0) is 43.5 Å². The number of ether oxygens (including phenoxy) is 2. The van der Waals surface area contributed by atoms with E-state index >= 15 is 0 Å². The number of halogens is 2. The molecule has 9 heteroatoms. The maximum absolute atomic E-state index is 14.6. The second-order valence-corrected chi connectivity index (χ2v) is 8.28. The third-order valence-corrected chi connectivity index (χ3v) is 5.52. The number of aromatic nitrogens is 1. The summed E-state index contributed by atoms with van der Waals surface area (Å²) >= 11 is 5.93. The van der Waals surface area contributed by atoms with Gasteiger partial charge in [-0.15, -0.1) is 0 Å². The van der Waals surface area contributed by atoms with Crippen LogP contribution in [0.15, 0.2) is 41.3 Å². The molecule has 0 aliphatic heterocycles. The summed E-state index contributed by atoms with van der Waals surface area (Å²) < 4.78 is 26.9. The number of carbonyl (C=O) groups is 1. The van der Waals surface area contributed by atoms with Crippen LogP contribution in [-0.4, -0.2) is 33.6 Å². The van der Waals surface area contributed by atoms with E-state index < -0.39 is 23.4 Å². The van der Waals surface area contributed by atoms with Crippen molar-refractivity contribution in [2.45, 2.75) is 45.8 Å². The predicted molar refractivity (Wildman–Crippen MR) is 123 cm³/mol. The Morgan fingerprint density at radius 3 is 2.55 bits per heavy atom. The molecular weight excluding hydrogens is 453 g/mol. The van der Waals surface area contributed by atoms with Crippen LogP contribution in [-0.2, 0) is 6.42 Å². The third kappa shape index (κ3) is 5.29. The fourth-order valence-corrected chi connectivity index (χ4v) is 3.87. The number of pyridine rings is 1. The highest BCUT2D eigenvalue weighted by Crippen LogP contribution is 2.32. The Balaban J connectivity index is 2.32. The fraction of sp³-hybridized carbons (Fsp3) is 0.333. The van der Waals surface area contributed by atoms with E-state index in [0.717, 1.165) is 0 Å². The highest BCUT2D eigenvalue weighted by Gasteiger charge is 2.21. The maximum Gasteiger partial charge on any atom is 0.511 e. The van der Waals surface area contributed by atoms with E-state index in [-0.39, 0.29) is 35.3 Å². The number of hydrogen-bond acceptors (Lipinski definition) is 5. The van der Waals surface area contributed by atoms with Crippen molar-refractivity contribution < 1.29 is 28.9 Å². The Bertz CT molecular complexity index is 1240. The van der Waals surface area contributed by atoms with Gasteiger partial charge in [-0.25, -0.2) is 9.18 Å². The zero-order valence-corrected chi connectivity index (χ0v) is 19.2. The second-order valence-electron chi connectivity index (χ2n) is 7.88. The molecule has 7 nitrogen and oxygen atoms in total. The van der Waals surface area contributed by atoms with Crippen LogP contribution in [0.5, 0.6) is 11.5 Å².